The van der Waals surface area contributed by atoms with E-state index >= 15 is 0 Å². The Hall–Kier alpha value is -1.12. The molecule has 0 saturated heterocycles. The Kier molecular flexibility index (Phi) is 3.48. The summed E-state index contributed by atoms with van der Waals surface area (Å²) in [7, 11) is 0. The van der Waals surface area contributed by atoms with E-state index in [2.05, 4.69) is 30.3 Å². The van der Waals surface area contributed by atoms with E-state index in [9.17, 15) is 0 Å². The van der Waals surface area contributed by atoms with Crippen molar-refractivity contribution in [1.29, 1.82) is 0 Å². The van der Waals surface area contributed by atoms with Gasteiger partial charge in [-0.2, -0.15) is 0 Å². The first kappa shape index (κ1) is 11.9. The van der Waals surface area contributed by atoms with Crippen LogP contribution < -0.4 is 5.73 Å². The molecule has 1 heterocycles. The Labute approximate surface area is 109 Å². The molecule has 1 aromatic rings. The molecule has 0 spiro atoms. The highest BCUT2D eigenvalue weighted by atomic mass is 16.5. The second-order valence-electron chi connectivity index (χ2n) is 5.29. The molecule has 2 N–H and O–H groups in total. The van der Waals surface area contributed by atoms with Gasteiger partial charge in [-0.15, -0.1) is 0 Å². The summed E-state index contributed by atoms with van der Waals surface area (Å²) >= 11 is 0. The summed E-state index contributed by atoms with van der Waals surface area (Å²) in [5.41, 5.74) is 10.5. The monoisotopic (exact) mass is 243 g/mol. The van der Waals surface area contributed by atoms with Gasteiger partial charge in [0.25, 0.3) is 0 Å². The zero-order chi connectivity index (χ0) is 12.4. The highest BCUT2D eigenvalue weighted by molar-refractivity contribution is 5.34. The van der Waals surface area contributed by atoms with Crippen LogP contribution in [0.25, 0.3) is 0 Å². The summed E-state index contributed by atoms with van der Waals surface area (Å²) in [4.78, 5) is 0. The van der Waals surface area contributed by atoms with Gasteiger partial charge in [0.05, 0.1) is 12.6 Å². The highest BCUT2D eigenvalue weighted by Gasteiger charge is 2.28. The number of ether oxygens (including phenoxy) is 1. The summed E-state index contributed by atoms with van der Waals surface area (Å²) in [5, 5.41) is 0. The van der Waals surface area contributed by atoms with Gasteiger partial charge < -0.3 is 10.5 Å². The fourth-order valence-electron chi connectivity index (χ4n) is 3.08. The molecule has 2 heteroatoms. The summed E-state index contributed by atoms with van der Waals surface area (Å²) < 4.78 is 5.95. The van der Waals surface area contributed by atoms with E-state index in [-0.39, 0.29) is 12.1 Å². The van der Waals surface area contributed by atoms with Crippen molar-refractivity contribution >= 4 is 0 Å². The maximum Gasteiger partial charge on any atom is 0.102 e. The lowest BCUT2D eigenvalue weighted by Crippen LogP contribution is -2.35. The maximum atomic E-state index is 6.44. The Morgan fingerprint density at radius 1 is 1.17 bits per heavy atom. The second kappa shape index (κ2) is 5.25. The van der Waals surface area contributed by atoms with Crippen LogP contribution in [0, 0.1) is 0 Å². The Morgan fingerprint density at radius 3 is 2.89 bits per heavy atom. The third kappa shape index (κ3) is 2.23. The van der Waals surface area contributed by atoms with E-state index in [0.717, 1.165) is 19.4 Å². The quantitative estimate of drug-likeness (QED) is 0.810. The molecular weight excluding hydrogens is 222 g/mol. The van der Waals surface area contributed by atoms with Crippen molar-refractivity contribution in [3.63, 3.8) is 0 Å². The molecule has 1 aliphatic heterocycles. The van der Waals surface area contributed by atoms with Gasteiger partial charge in [0.2, 0.25) is 0 Å². The lowest BCUT2D eigenvalue weighted by molar-refractivity contribution is 0.0310. The van der Waals surface area contributed by atoms with Crippen LogP contribution in [0.3, 0.4) is 0 Å². The van der Waals surface area contributed by atoms with Gasteiger partial charge in [0, 0.05) is 0 Å². The van der Waals surface area contributed by atoms with Gasteiger partial charge in [-0.05, 0) is 43.2 Å². The summed E-state index contributed by atoms with van der Waals surface area (Å²) in [5.74, 6) is 0. The molecule has 0 saturated carbocycles. The van der Waals surface area contributed by atoms with Crippen LogP contribution in [0.2, 0.25) is 0 Å². The molecule has 2 unspecified atom stereocenters. The van der Waals surface area contributed by atoms with E-state index in [1.807, 2.05) is 0 Å². The van der Waals surface area contributed by atoms with Crippen LogP contribution in [-0.2, 0) is 11.2 Å². The SMILES string of the molecule is NC(C1=CCCCC1)C1OCCc2ccccc21. The van der Waals surface area contributed by atoms with Crippen molar-refractivity contribution in [3.05, 3.63) is 47.0 Å². The molecule has 2 nitrogen and oxygen atoms in total. The van der Waals surface area contributed by atoms with Crippen molar-refractivity contribution in [2.45, 2.75) is 44.2 Å². The number of benzene rings is 1. The standard InChI is InChI=1S/C16H21NO/c17-15(13-7-2-1-3-8-13)16-14-9-5-4-6-12(14)10-11-18-16/h4-7,9,15-16H,1-3,8,10-11,17H2. The topological polar surface area (TPSA) is 35.2 Å². The molecule has 1 aliphatic carbocycles. The van der Waals surface area contributed by atoms with Crippen LogP contribution in [0.1, 0.15) is 42.9 Å². The van der Waals surface area contributed by atoms with Gasteiger partial charge in [-0.3, -0.25) is 0 Å². The number of rotatable bonds is 2. The minimum absolute atomic E-state index is 0.0340. The van der Waals surface area contributed by atoms with Gasteiger partial charge >= 0.3 is 0 Å². The lowest BCUT2D eigenvalue weighted by atomic mass is 9.86. The van der Waals surface area contributed by atoms with Gasteiger partial charge in [0.1, 0.15) is 6.10 Å². The zero-order valence-corrected chi connectivity index (χ0v) is 10.8. The third-order valence-corrected chi connectivity index (χ3v) is 4.11. The number of hydrogen-bond donors (Lipinski definition) is 1. The fourth-order valence-corrected chi connectivity index (χ4v) is 3.08. The Balaban J connectivity index is 1.86. The first-order valence-corrected chi connectivity index (χ1v) is 7.00. The van der Waals surface area contributed by atoms with Gasteiger partial charge in [0.15, 0.2) is 0 Å². The molecule has 2 atom stereocenters. The molecule has 0 aromatic heterocycles. The highest BCUT2D eigenvalue weighted by Crippen LogP contribution is 2.33. The van der Waals surface area contributed by atoms with Crippen LogP contribution in [-0.4, -0.2) is 12.6 Å². The average Bonchev–Trinajstić information content (AvgIpc) is 2.47. The van der Waals surface area contributed by atoms with Crippen molar-refractivity contribution in [1.82, 2.24) is 0 Å². The Morgan fingerprint density at radius 2 is 2.06 bits per heavy atom. The zero-order valence-electron chi connectivity index (χ0n) is 10.8. The van der Waals surface area contributed by atoms with E-state index in [1.165, 1.54) is 36.0 Å². The van der Waals surface area contributed by atoms with Gasteiger partial charge in [-0.1, -0.05) is 35.9 Å². The number of nitrogens with two attached hydrogens (primary N) is 1. The maximum absolute atomic E-state index is 6.44. The van der Waals surface area contributed by atoms with E-state index < -0.39 is 0 Å². The Bertz CT molecular complexity index is 452. The second-order valence-corrected chi connectivity index (χ2v) is 5.29. The van der Waals surface area contributed by atoms with Crippen molar-refractivity contribution in [3.8, 4) is 0 Å². The van der Waals surface area contributed by atoms with Crippen LogP contribution in [0.15, 0.2) is 35.9 Å². The smallest absolute Gasteiger partial charge is 0.102 e. The van der Waals surface area contributed by atoms with Crippen LogP contribution in [0.5, 0.6) is 0 Å². The number of allylic oxidation sites excluding steroid dienone is 1. The van der Waals surface area contributed by atoms with E-state index in [0.29, 0.717) is 0 Å². The molecule has 3 rings (SSSR count). The first-order chi connectivity index (χ1) is 8.86. The van der Waals surface area contributed by atoms with Crippen molar-refractivity contribution < 1.29 is 4.74 Å². The first-order valence-electron chi connectivity index (χ1n) is 7.00. The molecule has 0 fully saturated rings. The van der Waals surface area contributed by atoms with E-state index in [4.69, 9.17) is 10.5 Å². The lowest BCUT2D eigenvalue weighted by Gasteiger charge is -2.32. The number of hydrogen-bond acceptors (Lipinski definition) is 2. The average molecular weight is 243 g/mol. The summed E-state index contributed by atoms with van der Waals surface area (Å²) in [6, 6.07) is 8.59. The van der Waals surface area contributed by atoms with Crippen molar-refractivity contribution in [2.24, 2.45) is 5.73 Å². The van der Waals surface area contributed by atoms with Crippen LogP contribution >= 0.6 is 0 Å². The van der Waals surface area contributed by atoms with Gasteiger partial charge in [-0.25, -0.2) is 0 Å². The third-order valence-electron chi connectivity index (χ3n) is 4.11. The van der Waals surface area contributed by atoms with Crippen molar-refractivity contribution in [2.75, 3.05) is 6.61 Å². The molecule has 2 aliphatic rings. The molecule has 96 valence electrons. The number of fused-ring (bicyclic) bond motifs is 1. The molecular formula is C16H21NO. The summed E-state index contributed by atoms with van der Waals surface area (Å²) in [6.07, 6.45) is 8.29. The predicted octanol–water partition coefficient (Wildman–Crippen LogP) is 3.13. The molecule has 18 heavy (non-hydrogen) atoms. The van der Waals surface area contributed by atoms with E-state index in [1.54, 1.807) is 0 Å². The predicted molar refractivity (Wildman–Crippen MR) is 73.4 cm³/mol. The molecule has 0 radical (unpaired) electrons. The molecule has 0 bridgehead atoms. The minimum atomic E-state index is 0.0340. The minimum Gasteiger partial charge on any atom is -0.371 e. The fraction of sp³-hybridized carbons (Fsp3) is 0.500. The molecule has 0 amide bonds. The van der Waals surface area contributed by atoms with Crippen LogP contribution in [0.4, 0.5) is 0 Å². The normalized spacial score (nSPS) is 25.2. The summed E-state index contributed by atoms with van der Waals surface area (Å²) in [6.45, 7) is 0.794. The molecule has 1 aromatic carbocycles. The largest absolute Gasteiger partial charge is 0.371 e.